The molecule has 32 heavy (non-hydrogen) atoms. The predicted molar refractivity (Wildman–Crippen MR) is 125 cm³/mol. The summed E-state index contributed by atoms with van der Waals surface area (Å²) in [4.78, 5) is 17.6. The molecule has 0 spiro atoms. The fourth-order valence-corrected chi connectivity index (χ4v) is 4.10. The van der Waals surface area contributed by atoms with Crippen molar-refractivity contribution in [1.29, 1.82) is 0 Å². The van der Waals surface area contributed by atoms with E-state index in [0.717, 1.165) is 53.8 Å². The number of imidazole rings is 1. The van der Waals surface area contributed by atoms with Gasteiger partial charge in [-0.25, -0.2) is 4.79 Å². The molecular formula is C23H26ClN7O. The number of hydrogen-bond donors (Lipinski definition) is 1. The van der Waals surface area contributed by atoms with Gasteiger partial charge in [0.25, 0.3) is 0 Å². The standard InChI is InChI=1S/C23H26ClN7O/c1-3-5-9-20-21(24)30(12-4-2)23(32)31(20)15-16-10-11-19(25-14-16)17-7-6-8-18(13-17)22-26-28-29-27-22/h6-8,10-11,13-14H,3-5,9,12,15H2,1-2H3,(H,26,27,28,29). The maximum absolute atomic E-state index is 13.0. The van der Waals surface area contributed by atoms with Crippen LogP contribution in [0.2, 0.25) is 5.15 Å². The van der Waals surface area contributed by atoms with E-state index in [2.05, 4.69) is 32.5 Å². The zero-order chi connectivity index (χ0) is 22.5. The summed E-state index contributed by atoms with van der Waals surface area (Å²) >= 11 is 6.59. The minimum absolute atomic E-state index is 0.0557. The van der Waals surface area contributed by atoms with Crippen molar-refractivity contribution in [3.05, 3.63) is 69.5 Å². The van der Waals surface area contributed by atoms with Gasteiger partial charge in [-0.3, -0.25) is 14.1 Å². The Morgan fingerprint density at radius 2 is 1.91 bits per heavy atom. The number of nitrogens with one attached hydrogen (secondary N) is 1. The molecule has 0 saturated carbocycles. The Morgan fingerprint density at radius 3 is 2.59 bits per heavy atom. The van der Waals surface area contributed by atoms with Crippen LogP contribution in [0.15, 0.2) is 47.4 Å². The largest absolute Gasteiger partial charge is 0.329 e. The second-order valence-corrected chi connectivity index (χ2v) is 8.09. The zero-order valence-corrected chi connectivity index (χ0v) is 19.0. The van der Waals surface area contributed by atoms with Gasteiger partial charge in [-0.1, -0.05) is 56.1 Å². The zero-order valence-electron chi connectivity index (χ0n) is 18.3. The van der Waals surface area contributed by atoms with Crippen LogP contribution < -0.4 is 5.69 Å². The lowest BCUT2D eigenvalue weighted by Gasteiger charge is -2.08. The third kappa shape index (κ3) is 4.50. The van der Waals surface area contributed by atoms with Gasteiger partial charge < -0.3 is 0 Å². The third-order valence-corrected chi connectivity index (χ3v) is 5.83. The van der Waals surface area contributed by atoms with Gasteiger partial charge in [0.2, 0.25) is 5.82 Å². The summed E-state index contributed by atoms with van der Waals surface area (Å²) in [6, 6.07) is 11.8. The molecule has 4 rings (SSSR count). The fraction of sp³-hybridized carbons (Fsp3) is 0.348. The summed E-state index contributed by atoms with van der Waals surface area (Å²) in [6.45, 7) is 5.25. The summed E-state index contributed by atoms with van der Waals surface area (Å²) in [5.41, 5.74) is 4.45. The summed E-state index contributed by atoms with van der Waals surface area (Å²) in [6.07, 6.45) is 5.50. The molecule has 0 unspecified atom stereocenters. The van der Waals surface area contributed by atoms with Gasteiger partial charge in [-0.2, -0.15) is 5.21 Å². The lowest BCUT2D eigenvalue weighted by Crippen LogP contribution is -2.25. The number of benzene rings is 1. The third-order valence-electron chi connectivity index (χ3n) is 5.40. The molecule has 3 aromatic heterocycles. The highest BCUT2D eigenvalue weighted by Crippen LogP contribution is 2.24. The Kier molecular flexibility index (Phi) is 6.80. The SMILES string of the molecule is CCCCc1c(Cl)n(CCC)c(=O)n1Cc1ccc(-c2cccc(-c3nn[nH]n3)c2)nc1. The monoisotopic (exact) mass is 451 g/mol. The average Bonchev–Trinajstić information content (AvgIpc) is 3.43. The number of aromatic nitrogens is 7. The van der Waals surface area contributed by atoms with Crippen LogP contribution in [0.4, 0.5) is 0 Å². The Hall–Kier alpha value is -3.26. The molecule has 0 amide bonds. The summed E-state index contributed by atoms with van der Waals surface area (Å²) in [7, 11) is 0. The molecule has 0 fully saturated rings. The molecule has 1 aromatic carbocycles. The maximum atomic E-state index is 13.0. The van der Waals surface area contributed by atoms with Crippen LogP contribution in [0, 0.1) is 0 Å². The van der Waals surface area contributed by atoms with Crippen molar-refractivity contribution >= 4 is 11.6 Å². The number of rotatable bonds is 9. The van der Waals surface area contributed by atoms with Crippen molar-refractivity contribution in [2.24, 2.45) is 0 Å². The molecule has 0 aliphatic heterocycles. The minimum atomic E-state index is -0.0557. The lowest BCUT2D eigenvalue weighted by atomic mass is 10.1. The first-order valence-corrected chi connectivity index (χ1v) is 11.3. The molecule has 0 bridgehead atoms. The van der Waals surface area contributed by atoms with Crippen molar-refractivity contribution in [2.45, 2.75) is 52.6 Å². The van der Waals surface area contributed by atoms with Crippen molar-refractivity contribution in [3.63, 3.8) is 0 Å². The number of aromatic amines is 1. The highest BCUT2D eigenvalue weighted by Gasteiger charge is 2.18. The van der Waals surface area contributed by atoms with Gasteiger partial charge >= 0.3 is 5.69 Å². The molecule has 0 aliphatic carbocycles. The lowest BCUT2D eigenvalue weighted by molar-refractivity contribution is 0.617. The molecule has 8 nitrogen and oxygen atoms in total. The van der Waals surface area contributed by atoms with Gasteiger partial charge in [0.15, 0.2) is 0 Å². The van der Waals surface area contributed by atoms with E-state index >= 15 is 0 Å². The smallest absolute Gasteiger partial charge is 0.290 e. The van der Waals surface area contributed by atoms with Crippen LogP contribution in [-0.4, -0.2) is 34.7 Å². The Balaban J connectivity index is 1.60. The topological polar surface area (TPSA) is 94.3 Å². The molecule has 1 N–H and O–H groups in total. The summed E-state index contributed by atoms with van der Waals surface area (Å²) < 4.78 is 3.47. The minimum Gasteiger partial charge on any atom is -0.290 e. The number of nitrogens with zero attached hydrogens (tertiary/aromatic N) is 6. The summed E-state index contributed by atoms with van der Waals surface area (Å²) in [5.74, 6) is 0.538. The quantitative estimate of drug-likeness (QED) is 0.408. The number of pyridine rings is 1. The first-order chi connectivity index (χ1) is 15.6. The van der Waals surface area contributed by atoms with Gasteiger partial charge in [0.05, 0.1) is 17.9 Å². The molecule has 9 heteroatoms. The predicted octanol–water partition coefficient (Wildman–Crippen LogP) is 4.35. The van der Waals surface area contributed by atoms with E-state index in [1.165, 1.54) is 0 Å². The van der Waals surface area contributed by atoms with Crippen LogP contribution in [0.3, 0.4) is 0 Å². The fourth-order valence-electron chi connectivity index (χ4n) is 3.75. The van der Waals surface area contributed by atoms with E-state index < -0.39 is 0 Å². The van der Waals surface area contributed by atoms with Gasteiger partial charge in [0, 0.05) is 23.9 Å². The molecular weight excluding hydrogens is 426 g/mol. The van der Waals surface area contributed by atoms with E-state index in [4.69, 9.17) is 11.6 Å². The highest BCUT2D eigenvalue weighted by molar-refractivity contribution is 6.30. The molecule has 0 atom stereocenters. The van der Waals surface area contributed by atoms with Crippen LogP contribution in [0.25, 0.3) is 22.6 Å². The second kappa shape index (κ2) is 9.91. The van der Waals surface area contributed by atoms with E-state index in [-0.39, 0.29) is 5.69 Å². The van der Waals surface area contributed by atoms with Crippen molar-refractivity contribution in [2.75, 3.05) is 0 Å². The number of tetrazole rings is 1. The number of halogens is 1. The first-order valence-electron chi connectivity index (χ1n) is 10.9. The maximum Gasteiger partial charge on any atom is 0.329 e. The van der Waals surface area contributed by atoms with E-state index in [1.807, 2.05) is 49.5 Å². The van der Waals surface area contributed by atoms with Crippen LogP contribution >= 0.6 is 11.6 Å². The van der Waals surface area contributed by atoms with Gasteiger partial charge in [-0.15, -0.1) is 10.2 Å². The number of unbranched alkanes of at least 4 members (excludes halogenated alkanes) is 1. The van der Waals surface area contributed by atoms with Crippen LogP contribution in [-0.2, 0) is 19.5 Å². The molecule has 3 heterocycles. The second-order valence-electron chi connectivity index (χ2n) is 7.73. The van der Waals surface area contributed by atoms with Crippen molar-refractivity contribution in [1.82, 2.24) is 34.7 Å². The Labute approximate surface area is 191 Å². The highest BCUT2D eigenvalue weighted by atomic mass is 35.5. The average molecular weight is 452 g/mol. The Bertz CT molecular complexity index is 1230. The van der Waals surface area contributed by atoms with Crippen molar-refractivity contribution < 1.29 is 0 Å². The van der Waals surface area contributed by atoms with Crippen LogP contribution in [0.5, 0.6) is 0 Å². The Morgan fingerprint density at radius 1 is 1.06 bits per heavy atom. The molecule has 4 aromatic rings. The molecule has 0 aliphatic rings. The van der Waals surface area contributed by atoms with E-state index in [0.29, 0.717) is 24.1 Å². The van der Waals surface area contributed by atoms with Gasteiger partial charge in [0.1, 0.15) is 5.15 Å². The van der Waals surface area contributed by atoms with E-state index in [1.54, 1.807) is 9.13 Å². The molecule has 0 radical (unpaired) electrons. The summed E-state index contributed by atoms with van der Waals surface area (Å²) in [5, 5.41) is 14.7. The molecule has 166 valence electrons. The van der Waals surface area contributed by atoms with E-state index in [9.17, 15) is 4.79 Å². The first kappa shape index (κ1) is 22.0. The van der Waals surface area contributed by atoms with Crippen molar-refractivity contribution in [3.8, 4) is 22.6 Å². The number of hydrogen-bond acceptors (Lipinski definition) is 5. The van der Waals surface area contributed by atoms with Gasteiger partial charge in [-0.05, 0) is 42.2 Å². The molecule has 0 saturated heterocycles. The van der Waals surface area contributed by atoms with Crippen LogP contribution in [0.1, 0.15) is 44.4 Å². The number of H-pyrrole nitrogens is 1. The normalized spacial score (nSPS) is 11.2.